The lowest BCUT2D eigenvalue weighted by molar-refractivity contribution is 0.198. The summed E-state index contributed by atoms with van der Waals surface area (Å²) in [7, 11) is 0. The Labute approximate surface area is 208 Å². The van der Waals surface area contributed by atoms with Crippen LogP contribution in [0.2, 0.25) is 10.0 Å². The number of pyridine rings is 2. The van der Waals surface area contributed by atoms with Crippen LogP contribution in [0.4, 0.5) is 10.2 Å². The Hall–Kier alpha value is -3.49. The number of nitrogens with zero attached hydrogens (tertiary/aromatic N) is 5. The highest BCUT2D eigenvalue weighted by atomic mass is 35.5. The highest BCUT2D eigenvalue weighted by Crippen LogP contribution is 2.35. The van der Waals surface area contributed by atoms with Crippen molar-refractivity contribution in [1.82, 2.24) is 20.2 Å². The molecule has 1 saturated heterocycles. The molecule has 3 aromatic heterocycles. The molecule has 4 N–H and O–H groups in total. The average Bonchev–Trinajstić information content (AvgIpc) is 3.47. The maximum atomic E-state index is 13.8. The number of β-amino-alcohol motifs (C(OH)–C–C–N with tert-alkyl or cyclic N) is 1. The summed E-state index contributed by atoms with van der Waals surface area (Å²) in [5.41, 5.74) is 8.48. The number of hydrogen-bond acceptors (Lipinski definition) is 8. The first kappa shape index (κ1) is 23.3. The molecule has 4 heterocycles. The first-order valence-corrected chi connectivity index (χ1v) is 11.3. The summed E-state index contributed by atoms with van der Waals surface area (Å²) in [6.45, 7) is 1.06. The lowest BCUT2D eigenvalue weighted by Crippen LogP contribution is -2.23. The van der Waals surface area contributed by atoms with Gasteiger partial charge in [0.25, 0.3) is 0 Å². The largest absolute Gasteiger partial charge is 0.471 e. The van der Waals surface area contributed by atoms with Crippen LogP contribution in [0.3, 0.4) is 0 Å². The summed E-state index contributed by atoms with van der Waals surface area (Å²) in [4.78, 5) is 9.83. The van der Waals surface area contributed by atoms with Gasteiger partial charge in [-0.1, -0.05) is 23.2 Å². The van der Waals surface area contributed by atoms with Crippen molar-refractivity contribution in [2.45, 2.75) is 18.8 Å². The number of fused-ring (bicyclic) bond motifs is 1. The monoisotopic (exact) mass is 513 g/mol. The molecule has 178 valence electrons. The van der Waals surface area contributed by atoms with Crippen LogP contribution in [0.25, 0.3) is 22.2 Å². The minimum atomic E-state index is -1.15. The van der Waals surface area contributed by atoms with E-state index in [0.717, 1.165) is 11.7 Å². The minimum absolute atomic E-state index is 0.0784. The number of aliphatic hydroxyl groups is 1. The van der Waals surface area contributed by atoms with E-state index in [1.807, 2.05) is 4.90 Å². The fourth-order valence-corrected chi connectivity index (χ4v) is 4.62. The van der Waals surface area contributed by atoms with Gasteiger partial charge in [0, 0.05) is 36.4 Å². The standard InChI is InChI=1S/C23H18Cl2FN7O2/c24-16-9-29-21(26)19(25)18(16)22(28)35-14-1-2-17-15(6-14)20(32-31-17)12-5-11(7-27)23(30-8-12)33-4-3-13(34)10-33/h1-2,5-6,8-9,13,22,34H,3-4,10,28H2,(H,31,32)/t13-,22-/m0/s1. The zero-order chi connectivity index (χ0) is 24.7. The normalized spacial score (nSPS) is 16.5. The number of nitrogens with one attached hydrogen (secondary N) is 1. The Morgan fingerprint density at radius 2 is 2.11 bits per heavy atom. The first-order chi connectivity index (χ1) is 16.9. The summed E-state index contributed by atoms with van der Waals surface area (Å²) < 4.78 is 19.6. The van der Waals surface area contributed by atoms with Gasteiger partial charge in [0.15, 0.2) is 6.23 Å². The highest BCUT2D eigenvalue weighted by Gasteiger charge is 2.25. The van der Waals surface area contributed by atoms with Crippen LogP contribution in [-0.4, -0.2) is 44.5 Å². The Morgan fingerprint density at radius 1 is 1.29 bits per heavy atom. The van der Waals surface area contributed by atoms with Crippen molar-refractivity contribution in [3.05, 3.63) is 63.8 Å². The number of nitrogens with two attached hydrogens (primary N) is 1. The van der Waals surface area contributed by atoms with E-state index >= 15 is 0 Å². The van der Waals surface area contributed by atoms with Crippen LogP contribution in [0, 0.1) is 17.3 Å². The zero-order valence-electron chi connectivity index (χ0n) is 18.0. The van der Waals surface area contributed by atoms with Crippen molar-refractivity contribution in [3.8, 4) is 23.1 Å². The van der Waals surface area contributed by atoms with Gasteiger partial charge in [-0.15, -0.1) is 0 Å². The summed E-state index contributed by atoms with van der Waals surface area (Å²) in [6, 6.07) is 9.03. The summed E-state index contributed by atoms with van der Waals surface area (Å²) in [5, 5.41) is 27.3. The van der Waals surface area contributed by atoms with E-state index < -0.39 is 18.3 Å². The Morgan fingerprint density at radius 3 is 2.86 bits per heavy atom. The number of benzene rings is 1. The zero-order valence-corrected chi connectivity index (χ0v) is 19.6. The van der Waals surface area contributed by atoms with Gasteiger partial charge in [-0.25, -0.2) is 9.97 Å². The maximum absolute atomic E-state index is 13.8. The van der Waals surface area contributed by atoms with E-state index in [1.54, 1.807) is 30.5 Å². The van der Waals surface area contributed by atoms with Gasteiger partial charge in [-0.2, -0.15) is 14.8 Å². The van der Waals surface area contributed by atoms with Crippen molar-refractivity contribution in [1.29, 1.82) is 5.26 Å². The smallest absolute Gasteiger partial charge is 0.232 e. The average molecular weight is 514 g/mol. The van der Waals surface area contributed by atoms with Gasteiger partial charge >= 0.3 is 0 Å². The number of aromatic nitrogens is 4. The van der Waals surface area contributed by atoms with Gasteiger partial charge in [-0.3, -0.25) is 10.8 Å². The molecule has 0 radical (unpaired) electrons. The van der Waals surface area contributed by atoms with Gasteiger partial charge < -0.3 is 14.7 Å². The molecule has 0 bridgehead atoms. The molecule has 1 aliphatic rings. The Balaban J connectivity index is 1.47. The number of aliphatic hydroxyl groups excluding tert-OH is 1. The van der Waals surface area contributed by atoms with E-state index in [0.29, 0.717) is 53.3 Å². The third-order valence-corrected chi connectivity index (χ3v) is 6.43. The number of halogens is 3. The molecule has 0 amide bonds. The number of H-pyrrole nitrogens is 1. The van der Waals surface area contributed by atoms with Gasteiger partial charge in [0.2, 0.25) is 5.95 Å². The van der Waals surface area contributed by atoms with E-state index in [2.05, 4.69) is 26.2 Å². The molecule has 35 heavy (non-hydrogen) atoms. The summed E-state index contributed by atoms with van der Waals surface area (Å²) >= 11 is 12.1. The number of rotatable bonds is 5. The second-order valence-corrected chi connectivity index (χ2v) is 8.82. The molecule has 12 heteroatoms. The molecule has 0 unspecified atom stereocenters. The first-order valence-electron chi connectivity index (χ1n) is 10.6. The summed E-state index contributed by atoms with van der Waals surface area (Å²) in [5.74, 6) is -0.000468. The number of anilines is 1. The fraction of sp³-hybridized carbons (Fsp3) is 0.217. The van der Waals surface area contributed by atoms with Crippen molar-refractivity contribution >= 4 is 39.9 Å². The molecule has 1 fully saturated rings. The maximum Gasteiger partial charge on any atom is 0.232 e. The topological polar surface area (TPSA) is 137 Å². The van der Waals surface area contributed by atoms with Crippen LogP contribution in [0.1, 0.15) is 23.8 Å². The molecule has 9 nitrogen and oxygen atoms in total. The third-order valence-electron chi connectivity index (χ3n) is 5.77. The van der Waals surface area contributed by atoms with Crippen LogP contribution in [0.5, 0.6) is 5.75 Å². The van der Waals surface area contributed by atoms with Crippen molar-refractivity contribution in [2.24, 2.45) is 5.73 Å². The molecule has 0 spiro atoms. The number of hydrogen-bond donors (Lipinski definition) is 3. The molecule has 2 atom stereocenters. The predicted octanol–water partition coefficient (Wildman–Crippen LogP) is 3.94. The van der Waals surface area contributed by atoms with Gasteiger partial charge in [-0.05, 0) is 30.7 Å². The lowest BCUT2D eigenvalue weighted by Gasteiger charge is -2.18. The molecular weight excluding hydrogens is 496 g/mol. The summed E-state index contributed by atoms with van der Waals surface area (Å²) in [6.07, 6.45) is 1.80. The molecule has 4 aromatic rings. The van der Waals surface area contributed by atoms with Crippen LogP contribution < -0.4 is 15.4 Å². The molecule has 0 aliphatic carbocycles. The minimum Gasteiger partial charge on any atom is -0.471 e. The number of nitriles is 1. The van der Waals surface area contributed by atoms with E-state index in [4.69, 9.17) is 33.7 Å². The fourth-order valence-electron chi connectivity index (χ4n) is 4.06. The second kappa shape index (κ2) is 9.28. The SMILES string of the molecule is N#Cc1cc(-c2n[nH]c3ccc(O[C@H](N)c4c(Cl)cnc(F)c4Cl)cc23)cnc1N1CC[C@H](O)C1. The van der Waals surface area contributed by atoms with E-state index in [9.17, 15) is 14.8 Å². The molecule has 1 aliphatic heterocycles. The number of aromatic amines is 1. The second-order valence-electron chi connectivity index (χ2n) is 8.04. The van der Waals surface area contributed by atoms with Crippen molar-refractivity contribution < 1.29 is 14.2 Å². The molecule has 0 saturated carbocycles. The predicted molar refractivity (Wildman–Crippen MR) is 129 cm³/mol. The van der Waals surface area contributed by atoms with Crippen LogP contribution in [-0.2, 0) is 0 Å². The Kier molecular flexibility index (Phi) is 6.17. The molecule has 1 aromatic carbocycles. The quantitative estimate of drug-likeness (QED) is 0.269. The molecular formula is C23H18Cl2FN7O2. The van der Waals surface area contributed by atoms with Gasteiger partial charge in [0.1, 0.15) is 28.4 Å². The molecule has 5 rings (SSSR count). The third kappa shape index (κ3) is 4.35. The van der Waals surface area contributed by atoms with E-state index in [-0.39, 0.29) is 15.6 Å². The van der Waals surface area contributed by atoms with Gasteiger partial charge in [0.05, 0.1) is 27.8 Å². The van der Waals surface area contributed by atoms with Crippen LogP contribution in [0.15, 0.2) is 36.7 Å². The van der Waals surface area contributed by atoms with E-state index in [1.165, 1.54) is 0 Å². The number of ether oxygens (including phenoxy) is 1. The highest BCUT2D eigenvalue weighted by molar-refractivity contribution is 6.35. The Bertz CT molecular complexity index is 1470. The lowest BCUT2D eigenvalue weighted by atomic mass is 10.1. The van der Waals surface area contributed by atoms with Crippen molar-refractivity contribution in [3.63, 3.8) is 0 Å². The van der Waals surface area contributed by atoms with Crippen LogP contribution >= 0.6 is 23.2 Å². The van der Waals surface area contributed by atoms with Crippen molar-refractivity contribution in [2.75, 3.05) is 18.0 Å².